The molecule has 4 heterocycles. The number of hydrogen-bond acceptors (Lipinski definition) is 4. The van der Waals surface area contributed by atoms with Crippen LogP contribution >= 0.6 is 0 Å². The second kappa shape index (κ2) is 15.0. The van der Waals surface area contributed by atoms with Gasteiger partial charge in [0.25, 0.3) is 6.71 Å². The van der Waals surface area contributed by atoms with Gasteiger partial charge in [-0.2, -0.15) is 0 Å². The van der Waals surface area contributed by atoms with E-state index in [9.17, 15) is 0 Å². The number of rotatable bonds is 4. The molecule has 0 saturated heterocycles. The average molecular weight is 921 g/mol. The Balaban J connectivity index is 1.17. The van der Waals surface area contributed by atoms with Crippen LogP contribution in [0.25, 0.3) is 38.5 Å². The first-order valence-corrected chi connectivity index (χ1v) is 26.6. The molecule has 2 aromatic heterocycles. The number of allylic oxidation sites excluding steroid dienone is 7. The predicted molar refractivity (Wildman–Crippen MR) is 297 cm³/mol. The molecule has 0 amide bonds. The molecule has 6 aliphatic rings. The van der Waals surface area contributed by atoms with Gasteiger partial charge in [-0.05, 0) is 171 Å². The molecule has 5 aromatic carbocycles. The maximum atomic E-state index is 7.69. The molecular formula is C65H69BN2O2. The van der Waals surface area contributed by atoms with Crippen molar-refractivity contribution in [2.24, 2.45) is 28.6 Å². The lowest BCUT2D eigenvalue weighted by Gasteiger charge is -2.52. The number of nitrogens with zero attached hydrogens (tertiary/aromatic N) is 2. The van der Waals surface area contributed by atoms with Crippen molar-refractivity contribution in [3.05, 3.63) is 149 Å². The van der Waals surface area contributed by atoms with E-state index in [1.165, 1.54) is 98.0 Å². The first kappa shape index (κ1) is 44.0. The van der Waals surface area contributed by atoms with Gasteiger partial charge in [-0.3, -0.25) is 4.90 Å². The van der Waals surface area contributed by atoms with E-state index in [0.29, 0.717) is 23.7 Å². The number of fused-ring (bicyclic) bond motifs is 11. The molecule has 0 N–H and O–H groups in total. The Kier molecular flexibility index (Phi) is 9.47. The lowest BCUT2D eigenvalue weighted by atomic mass is 9.33. The van der Waals surface area contributed by atoms with E-state index in [2.05, 4.69) is 207 Å². The van der Waals surface area contributed by atoms with Crippen molar-refractivity contribution in [3.8, 4) is 0 Å². The van der Waals surface area contributed by atoms with Crippen LogP contribution in [0.3, 0.4) is 0 Å². The van der Waals surface area contributed by atoms with E-state index in [0.717, 1.165) is 51.9 Å². The molecule has 2 aliphatic heterocycles. The maximum Gasteiger partial charge on any atom is 0.257 e. The highest BCUT2D eigenvalue weighted by Gasteiger charge is 2.51. The molecule has 4 aliphatic carbocycles. The van der Waals surface area contributed by atoms with E-state index < -0.39 is 0 Å². The van der Waals surface area contributed by atoms with Crippen LogP contribution in [0.1, 0.15) is 143 Å². The molecule has 7 aromatic rings. The zero-order chi connectivity index (χ0) is 48.4. The molecule has 3 atom stereocenters. The molecular weight excluding hydrogens is 852 g/mol. The molecule has 0 spiro atoms. The summed E-state index contributed by atoms with van der Waals surface area (Å²) in [6, 6.07) is 32.7. The Labute approximate surface area is 416 Å². The average Bonchev–Trinajstić information content (AvgIpc) is 3.90. The summed E-state index contributed by atoms with van der Waals surface area (Å²) in [4.78, 5) is 5.14. The minimum absolute atomic E-state index is 0.0500. The van der Waals surface area contributed by atoms with Crippen molar-refractivity contribution >= 4 is 90.2 Å². The smallest absolute Gasteiger partial charge is 0.257 e. The van der Waals surface area contributed by atoms with Gasteiger partial charge in [0.15, 0.2) is 5.58 Å². The Hall–Kier alpha value is -5.94. The Morgan fingerprint density at radius 2 is 1.43 bits per heavy atom. The molecule has 3 unspecified atom stereocenters. The molecule has 13 rings (SSSR count). The van der Waals surface area contributed by atoms with Crippen LogP contribution in [0.2, 0.25) is 0 Å². The van der Waals surface area contributed by atoms with Crippen LogP contribution < -0.4 is 26.2 Å². The van der Waals surface area contributed by atoms with Gasteiger partial charge in [0, 0.05) is 44.4 Å². The molecule has 1 saturated carbocycles. The maximum absolute atomic E-state index is 7.69. The SMILES string of the molecule is CC(C)C1CCC(C)(C)c2cc3oc4c(c3cc21)B1c2cc(C(C)(C)C)ccc2N(c2cccc3c2oc2ccccc23)c2cc(C3=CCCC=C3)cc(c21)N4C1=CC2C(C=C1)C(C)(C)CCC2(C)C. The molecule has 354 valence electrons. The van der Waals surface area contributed by atoms with E-state index in [4.69, 9.17) is 8.83 Å². The topological polar surface area (TPSA) is 32.8 Å². The van der Waals surface area contributed by atoms with Gasteiger partial charge < -0.3 is 13.7 Å². The number of benzene rings is 5. The second-order valence-corrected chi connectivity index (χ2v) is 25.5. The summed E-state index contributed by atoms with van der Waals surface area (Å²) in [5.41, 5.74) is 19.7. The molecule has 4 nitrogen and oxygen atoms in total. The summed E-state index contributed by atoms with van der Waals surface area (Å²) < 4.78 is 14.7. The van der Waals surface area contributed by atoms with Gasteiger partial charge in [-0.15, -0.1) is 0 Å². The summed E-state index contributed by atoms with van der Waals surface area (Å²) in [5.74, 6) is 2.82. The third-order valence-electron chi connectivity index (χ3n) is 18.4. The van der Waals surface area contributed by atoms with Crippen LogP contribution in [-0.4, -0.2) is 6.71 Å². The number of para-hydroxylation sites is 2. The van der Waals surface area contributed by atoms with E-state index >= 15 is 0 Å². The van der Waals surface area contributed by atoms with Crippen molar-refractivity contribution in [1.29, 1.82) is 0 Å². The Morgan fingerprint density at radius 3 is 2.19 bits per heavy atom. The van der Waals surface area contributed by atoms with Gasteiger partial charge >= 0.3 is 0 Å². The first-order valence-electron chi connectivity index (χ1n) is 26.6. The van der Waals surface area contributed by atoms with Crippen LogP contribution in [-0.2, 0) is 10.8 Å². The van der Waals surface area contributed by atoms with Crippen molar-refractivity contribution in [2.45, 2.75) is 131 Å². The zero-order valence-electron chi connectivity index (χ0n) is 43.4. The highest BCUT2D eigenvalue weighted by Crippen LogP contribution is 2.57. The van der Waals surface area contributed by atoms with Crippen molar-refractivity contribution in [3.63, 3.8) is 0 Å². The van der Waals surface area contributed by atoms with Crippen LogP contribution in [0.4, 0.5) is 28.6 Å². The van der Waals surface area contributed by atoms with Gasteiger partial charge in [0.05, 0.1) is 5.69 Å². The summed E-state index contributed by atoms with van der Waals surface area (Å²) >= 11 is 0. The monoisotopic (exact) mass is 921 g/mol. The Bertz CT molecular complexity index is 3480. The number of hydrogen-bond donors (Lipinski definition) is 0. The molecule has 0 bridgehead atoms. The number of anilines is 5. The fourth-order valence-electron chi connectivity index (χ4n) is 14.1. The van der Waals surface area contributed by atoms with Crippen molar-refractivity contribution in [1.82, 2.24) is 0 Å². The summed E-state index contributed by atoms with van der Waals surface area (Å²) in [5, 5.41) is 3.53. The third-order valence-corrected chi connectivity index (χ3v) is 18.4. The fraction of sp³-hybridized carbons (Fsp3) is 0.385. The lowest BCUT2D eigenvalue weighted by Crippen LogP contribution is -2.61. The van der Waals surface area contributed by atoms with Gasteiger partial charge in [-0.25, -0.2) is 0 Å². The molecule has 5 heteroatoms. The van der Waals surface area contributed by atoms with Gasteiger partial charge in [0.1, 0.15) is 11.2 Å². The third kappa shape index (κ3) is 6.41. The summed E-state index contributed by atoms with van der Waals surface area (Å²) in [7, 11) is 0. The fourth-order valence-corrected chi connectivity index (χ4v) is 14.1. The summed E-state index contributed by atoms with van der Waals surface area (Å²) in [6.07, 6.45) is 21.7. The first-order chi connectivity index (χ1) is 33.4. The highest BCUT2D eigenvalue weighted by molar-refractivity contribution is 7.01. The quantitative estimate of drug-likeness (QED) is 0.165. The van der Waals surface area contributed by atoms with Crippen molar-refractivity contribution in [2.75, 3.05) is 9.80 Å². The van der Waals surface area contributed by atoms with Gasteiger partial charge in [-0.1, -0.05) is 149 Å². The van der Waals surface area contributed by atoms with E-state index in [1.54, 1.807) is 0 Å². The molecule has 0 radical (unpaired) electrons. The van der Waals surface area contributed by atoms with Crippen LogP contribution in [0.15, 0.2) is 136 Å². The molecule has 1 fully saturated rings. The second-order valence-electron chi connectivity index (χ2n) is 25.5. The largest absolute Gasteiger partial charge is 0.454 e. The van der Waals surface area contributed by atoms with E-state index in [1.807, 2.05) is 0 Å². The lowest BCUT2D eigenvalue weighted by molar-refractivity contribution is 0.0326. The van der Waals surface area contributed by atoms with Crippen LogP contribution in [0, 0.1) is 28.6 Å². The summed E-state index contributed by atoms with van der Waals surface area (Å²) in [6.45, 7) is 26.7. The van der Waals surface area contributed by atoms with Gasteiger partial charge in [0.2, 0.25) is 5.88 Å². The van der Waals surface area contributed by atoms with Crippen LogP contribution in [0.5, 0.6) is 0 Å². The normalized spacial score (nSPS) is 22.7. The predicted octanol–water partition coefficient (Wildman–Crippen LogP) is 16.5. The minimum Gasteiger partial charge on any atom is -0.454 e. The highest BCUT2D eigenvalue weighted by atomic mass is 16.4. The number of furan rings is 2. The minimum atomic E-state index is -0.0935. The Morgan fingerprint density at radius 1 is 0.671 bits per heavy atom. The zero-order valence-corrected chi connectivity index (χ0v) is 43.4. The van der Waals surface area contributed by atoms with E-state index in [-0.39, 0.29) is 28.4 Å². The molecule has 70 heavy (non-hydrogen) atoms. The standard InChI is InChI=1S/C65H69BN2O2/c1-38(2)43-28-29-63(6,7)49-37-57-47(36-46(43)49)58-61(70-57)67(42-25-26-48-50(35-42)65(10,11)31-30-64(48,8)9)54-32-40(39-18-13-12-14-19-39)33-55-59(54)66(58)51-34-41(62(3,4)5)24-27-52(51)68(55)53-22-17-21-45-44-20-15-16-23-56(44)69-60(45)53/h13,15-27,32-38,43,48,50H,12,14,28-31H2,1-11H3. The van der Waals surface area contributed by atoms with Crippen molar-refractivity contribution < 1.29 is 8.83 Å².